The van der Waals surface area contributed by atoms with E-state index in [1.54, 1.807) is 36.3 Å². The third-order valence-electron chi connectivity index (χ3n) is 4.74. The lowest BCUT2D eigenvalue weighted by Crippen LogP contribution is -2.38. The summed E-state index contributed by atoms with van der Waals surface area (Å²) in [4.78, 5) is 40.6. The summed E-state index contributed by atoms with van der Waals surface area (Å²) in [7, 11) is 1.55. The van der Waals surface area contributed by atoms with Crippen LogP contribution in [-0.4, -0.2) is 51.4 Å². The predicted molar refractivity (Wildman–Crippen MR) is 92.3 cm³/mol. The maximum Gasteiger partial charge on any atom is 0.354 e. The van der Waals surface area contributed by atoms with E-state index >= 15 is 0 Å². The van der Waals surface area contributed by atoms with Crippen LogP contribution in [0, 0.1) is 0 Å². The quantitative estimate of drug-likeness (QED) is 0.802. The van der Waals surface area contributed by atoms with Gasteiger partial charge in [-0.15, -0.1) is 0 Å². The van der Waals surface area contributed by atoms with Gasteiger partial charge in [-0.25, -0.2) is 14.3 Å². The topological polar surface area (TPSA) is 89.7 Å². The number of benzene rings is 1. The largest absolute Gasteiger partial charge is 0.497 e. The highest BCUT2D eigenvalue weighted by Crippen LogP contribution is 2.25. The van der Waals surface area contributed by atoms with Crippen LogP contribution in [0.25, 0.3) is 0 Å². The molecule has 9 heteroatoms. The molecule has 0 aliphatic carbocycles. The van der Waals surface area contributed by atoms with Crippen molar-refractivity contribution < 1.29 is 14.3 Å². The molecule has 0 unspecified atom stereocenters. The molecule has 0 radical (unpaired) electrons. The predicted octanol–water partition coefficient (Wildman–Crippen LogP) is 0.664. The number of ether oxygens (including phenoxy) is 1. The molecule has 2 aromatic rings. The minimum absolute atomic E-state index is 0.134. The summed E-state index contributed by atoms with van der Waals surface area (Å²) in [6.07, 6.45) is 1.96. The maximum absolute atomic E-state index is 12.7. The van der Waals surface area contributed by atoms with Crippen molar-refractivity contribution in [2.24, 2.45) is 0 Å². The first-order valence-electron chi connectivity index (χ1n) is 8.51. The fourth-order valence-corrected chi connectivity index (χ4v) is 3.35. The van der Waals surface area contributed by atoms with Crippen LogP contribution < -0.4 is 15.3 Å². The molecule has 0 atom stereocenters. The first kappa shape index (κ1) is 16.4. The molecule has 0 bridgehead atoms. The Balaban J connectivity index is 1.56. The van der Waals surface area contributed by atoms with Gasteiger partial charge in [0.1, 0.15) is 12.3 Å². The molecule has 1 aromatic heterocycles. The minimum Gasteiger partial charge on any atom is -0.497 e. The molecule has 2 aliphatic rings. The molecule has 3 heterocycles. The SMILES string of the molecule is COc1cccc(N2Cc3nn(CC(=O)N4CCCC4)c(=O)n3C2=O)c1. The summed E-state index contributed by atoms with van der Waals surface area (Å²) in [5, 5.41) is 4.20. The fraction of sp³-hybridized carbons (Fsp3) is 0.412. The van der Waals surface area contributed by atoms with Gasteiger partial charge >= 0.3 is 11.7 Å². The van der Waals surface area contributed by atoms with Gasteiger partial charge in [0, 0.05) is 24.8 Å². The van der Waals surface area contributed by atoms with Crippen LogP contribution in [-0.2, 0) is 17.9 Å². The van der Waals surface area contributed by atoms with Crippen molar-refractivity contribution in [2.45, 2.75) is 25.9 Å². The van der Waals surface area contributed by atoms with Crippen molar-refractivity contribution in [3.8, 4) is 5.75 Å². The molecule has 2 aliphatic heterocycles. The minimum atomic E-state index is -0.581. The Hall–Kier alpha value is -3.10. The second kappa shape index (κ2) is 6.32. The van der Waals surface area contributed by atoms with Gasteiger partial charge in [-0.1, -0.05) is 6.07 Å². The Bertz CT molecular complexity index is 925. The third-order valence-corrected chi connectivity index (χ3v) is 4.74. The van der Waals surface area contributed by atoms with Crippen molar-refractivity contribution >= 4 is 17.6 Å². The van der Waals surface area contributed by atoms with E-state index < -0.39 is 11.7 Å². The van der Waals surface area contributed by atoms with Crippen LogP contribution >= 0.6 is 0 Å². The average Bonchev–Trinajstić information content (AvgIpc) is 3.35. The van der Waals surface area contributed by atoms with E-state index in [2.05, 4.69) is 5.10 Å². The number of methoxy groups -OCH3 is 1. The molecule has 26 heavy (non-hydrogen) atoms. The van der Waals surface area contributed by atoms with Crippen molar-refractivity contribution in [2.75, 3.05) is 25.1 Å². The Labute approximate surface area is 149 Å². The standard InChI is InChI=1S/C17H19N5O4/c1-26-13-6-4-5-12(9-13)20-10-14-18-21(17(25)22(14)16(20)24)11-15(23)19-7-2-3-8-19/h4-6,9H,2-3,7-8,10-11H2,1H3. The van der Waals surface area contributed by atoms with Crippen LogP contribution in [0.5, 0.6) is 5.75 Å². The highest BCUT2D eigenvalue weighted by Gasteiger charge is 2.34. The number of hydrogen-bond acceptors (Lipinski definition) is 5. The number of nitrogens with zero attached hydrogens (tertiary/aromatic N) is 5. The number of aromatic nitrogens is 3. The van der Waals surface area contributed by atoms with E-state index in [4.69, 9.17) is 4.74 Å². The smallest absolute Gasteiger partial charge is 0.354 e. The number of carbonyl (C=O) groups is 2. The van der Waals surface area contributed by atoms with Gasteiger partial charge in [-0.3, -0.25) is 9.69 Å². The number of likely N-dealkylation sites (tertiary alicyclic amines) is 1. The van der Waals surface area contributed by atoms with Gasteiger partial charge in [0.25, 0.3) is 0 Å². The van der Waals surface area contributed by atoms with Gasteiger partial charge in [-0.05, 0) is 25.0 Å². The molecule has 0 N–H and O–H groups in total. The van der Waals surface area contributed by atoms with Crippen molar-refractivity contribution in [1.82, 2.24) is 19.2 Å². The lowest BCUT2D eigenvalue weighted by Gasteiger charge is -2.16. The second-order valence-electron chi connectivity index (χ2n) is 6.35. The molecule has 136 valence electrons. The Kier molecular flexibility index (Phi) is 3.98. The van der Waals surface area contributed by atoms with E-state index in [1.165, 1.54) is 4.90 Å². The van der Waals surface area contributed by atoms with Gasteiger partial charge in [-0.2, -0.15) is 9.67 Å². The Morgan fingerprint density at radius 2 is 2.00 bits per heavy atom. The second-order valence-corrected chi connectivity index (χ2v) is 6.35. The summed E-state index contributed by atoms with van der Waals surface area (Å²) in [6, 6.07) is 6.56. The van der Waals surface area contributed by atoms with Crippen LogP contribution in [0.2, 0.25) is 0 Å². The van der Waals surface area contributed by atoms with Crippen LogP contribution in [0.15, 0.2) is 29.1 Å². The first-order valence-corrected chi connectivity index (χ1v) is 8.51. The van der Waals surface area contributed by atoms with E-state index in [-0.39, 0.29) is 19.0 Å². The van der Waals surface area contributed by atoms with Gasteiger partial charge in [0.05, 0.1) is 13.7 Å². The van der Waals surface area contributed by atoms with Crippen LogP contribution in [0.1, 0.15) is 18.7 Å². The molecular weight excluding hydrogens is 338 g/mol. The summed E-state index contributed by atoms with van der Waals surface area (Å²) in [6.45, 7) is 1.46. The van der Waals surface area contributed by atoms with Crippen molar-refractivity contribution in [1.29, 1.82) is 0 Å². The summed E-state index contributed by atoms with van der Waals surface area (Å²) in [5.41, 5.74) is 0.0434. The normalized spacial score (nSPS) is 16.3. The lowest BCUT2D eigenvalue weighted by molar-refractivity contribution is -0.131. The first-order chi connectivity index (χ1) is 12.6. The summed E-state index contributed by atoms with van der Waals surface area (Å²) >= 11 is 0. The Morgan fingerprint density at radius 1 is 1.23 bits per heavy atom. The summed E-state index contributed by atoms with van der Waals surface area (Å²) < 4.78 is 7.28. The van der Waals surface area contributed by atoms with Gasteiger partial charge < -0.3 is 9.64 Å². The molecule has 1 fully saturated rings. The van der Waals surface area contributed by atoms with E-state index in [0.717, 1.165) is 22.1 Å². The van der Waals surface area contributed by atoms with Crippen LogP contribution in [0.4, 0.5) is 10.5 Å². The van der Waals surface area contributed by atoms with E-state index in [9.17, 15) is 14.4 Å². The number of hydrogen-bond donors (Lipinski definition) is 0. The molecule has 9 nitrogen and oxygen atoms in total. The number of rotatable bonds is 4. The number of fused-ring (bicyclic) bond motifs is 1. The fourth-order valence-electron chi connectivity index (χ4n) is 3.35. The van der Waals surface area contributed by atoms with E-state index in [0.29, 0.717) is 30.4 Å². The molecule has 0 saturated carbocycles. The summed E-state index contributed by atoms with van der Waals surface area (Å²) in [5.74, 6) is 0.809. The molecule has 1 saturated heterocycles. The zero-order chi connectivity index (χ0) is 18.3. The van der Waals surface area contributed by atoms with Crippen molar-refractivity contribution in [3.63, 3.8) is 0 Å². The molecule has 1 aromatic carbocycles. The third kappa shape index (κ3) is 2.65. The number of amides is 2. The zero-order valence-corrected chi connectivity index (χ0v) is 14.4. The maximum atomic E-state index is 12.7. The molecule has 2 amide bonds. The van der Waals surface area contributed by atoms with E-state index in [1.807, 2.05) is 0 Å². The highest BCUT2D eigenvalue weighted by atomic mass is 16.5. The zero-order valence-electron chi connectivity index (χ0n) is 14.4. The number of anilines is 1. The van der Waals surface area contributed by atoms with Crippen LogP contribution in [0.3, 0.4) is 0 Å². The molecule has 4 rings (SSSR count). The van der Waals surface area contributed by atoms with Gasteiger partial charge in [0.15, 0.2) is 5.82 Å². The Morgan fingerprint density at radius 3 is 2.69 bits per heavy atom. The molecular formula is C17H19N5O4. The van der Waals surface area contributed by atoms with Crippen molar-refractivity contribution in [3.05, 3.63) is 40.6 Å². The molecule has 0 spiro atoms. The average molecular weight is 357 g/mol. The monoisotopic (exact) mass is 357 g/mol. The highest BCUT2D eigenvalue weighted by molar-refractivity contribution is 5.96. The lowest BCUT2D eigenvalue weighted by atomic mass is 10.3. The van der Waals surface area contributed by atoms with Gasteiger partial charge in [0.2, 0.25) is 5.91 Å². The number of carbonyl (C=O) groups excluding carboxylic acids is 2.